The van der Waals surface area contributed by atoms with Crippen molar-refractivity contribution in [2.24, 2.45) is 0 Å². The van der Waals surface area contributed by atoms with Crippen LogP contribution in [0, 0.1) is 0 Å². The molecule has 6 heteroatoms. The number of benzene rings is 1. The number of rotatable bonds is 3. The van der Waals surface area contributed by atoms with E-state index in [1.54, 1.807) is 6.07 Å². The fourth-order valence-corrected chi connectivity index (χ4v) is 2.52. The number of alkyl halides is 3. The fraction of sp³-hybridized carbons (Fsp3) is 0.500. The molecule has 1 atom stereocenters. The second-order valence-electron chi connectivity index (χ2n) is 4.95. The number of halogens is 3. The summed E-state index contributed by atoms with van der Waals surface area (Å²) < 4.78 is 38.9. The van der Waals surface area contributed by atoms with Crippen molar-refractivity contribution >= 4 is 5.91 Å². The largest absolute Gasteiger partial charge is 0.416 e. The van der Waals surface area contributed by atoms with E-state index in [1.165, 1.54) is 24.0 Å². The van der Waals surface area contributed by atoms with E-state index in [0.717, 1.165) is 19.0 Å². The van der Waals surface area contributed by atoms with Gasteiger partial charge in [0.15, 0.2) is 0 Å². The van der Waals surface area contributed by atoms with Crippen LogP contribution in [0.25, 0.3) is 0 Å². The van der Waals surface area contributed by atoms with Gasteiger partial charge in [-0.25, -0.2) is 0 Å². The molecule has 0 radical (unpaired) electrons. The SMILES string of the molecule is CC(=O)N(Cc1ccccc1C(F)(F)F)C1CCNC1. The van der Waals surface area contributed by atoms with Crippen molar-refractivity contribution in [2.45, 2.75) is 32.1 Å². The fourth-order valence-electron chi connectivity index (χ4n) is 2.52. The van der Waals surface area contributed by atoms with Crippen LogP contribution in [0.3, 0.4) is 0 Å². The quantitative estimate of drug-likeness (QED) is 0.925. The molecular formula is C14H17F3N2O. The maximum atomic E-state index is 13.0. The third-order valence-corrected chi connectivity index (χ3v) is 3.54. The third-order valence-electron chi connectivity index (χ3n) is 3.54. The second kappa shape index (κ2) is 5.83. The van der Waals surface area contributed by atoms with E-state index < -0.39 is 11.7 Å². The van der Waals surface area contributed by atoms with Crippen LogP contribution in [-0.2, 0) is 17.5 Å². The van der Waals surface area contributed by atoms with E-state index in [9.17, 15) is 18.0 Å². The van der Waals surface area contributed by atoms with Gasteiger partial charge in [-0.05, 0) is 24.6 Å². The molecule has 1 aliphatic heterocycles. The van der Waals surface area contributed by atoms with E-state index in [4.69, 9.17) is 0 Å². The van der Waals surface area contributed by atoms with E-state index in [-0.39, 0.29) is 24.1 Å². The van der Waals surface area contributed by atoms with Crippen molar-refractivity contribution in [2.75, 3.05) is 13.1 Å². The first kappa shape index (κ1) is 14.8. The molecular weight excluding hydrogens is 269 g/mol. The Labute approximate surface area is 115 Å². The van der Waals surface area contributed by atoms with Crippen LogP contribution in [0.1, 0.15) is 24.5 Å². The van der Waals surface area contributed by atoms with E-state index in [1.807, 2.05) is 0 Å². The van der Waals surface area contributed by atoms with Crippen LogP contribution in [0.5, 0.6) is 0 Å². The zero-order valence-corrected chi connectivity index (χ0v) is 11.2. The number of hydrogen-bond acceptors (Lipinski definition) is 2. The lowest BCUT2D eigenvalue weighted by atomic mass is 10.1. The van der Waals surface area contributed by atoms with Gasteiger partial charge in [-0.15, -0.1) is 0 Å². The predicted octanol–water partition coefficient (Wildman–Crippen LogP) is 2.42. The van der Waals surface area contributed by atoms with Gasteiger partial charge >= 0.3 is 6.18 Å². The molecule has 1 aromatic carbocycles. The van der Waals surface area contributed by atoms with Crippen LogP contribution >= 0.6 is 0 Å². The number of nitrogens with one attached hydrogen (secondary N) is 1. The Kier molecular flexibility index (Phi) is 4.32. The van der Waals surface area contributed by atoms with Crippen molar-refractivity contribution in [3.8, 4) is 0 Å². The van der Waals surface area contributed by atoms with E-state index in [0.29, 0.717) is 6.54 Å². The molecule has 0 aliphatic carbocycles. The molecule has 0 spiro atoms. The highest BCUT2D eigenvalue weighted by Crippen LogP contribution is 2.32. The van der Waals surface area contributed by atoms with Gasteiger partial charge in [0.2, 0.25) is 5.91 Å². The standard InChI is InChI=1S/C14H17F3N2O/c1-10(20)19(12-6-7-18-8-12)9-11-4-2-3-5-13(11)14(15,16)17/h2-5,12,18H,6-9H2,1H3. The van der Waals surface area contributed by atoms with Crippen molar-refractivity contribution in [3.05, 3.63) is 35.4 Å². The summed E-state index contributed by atoms with van der Waals surface area (Å²) in [5.74, 6) is -0.198. The number of hydrogen-bond donors (Lipinski definition) is 1. The highest BCUT2D eigenvalue weighted by Gasteiger charge is 2.34. The molecule has 1 N–H and O–H groups in total. The lowest BCUT2D eigenvalue weighted by Crippen LogP contribution is -2.40. The van der Waals surface area contributed by atoms with Crippen molar-refractivity contribution in [1.29, 1.82) is 0 Å². The van der Waals surface area contributed by atoms with Crippen molar-refractivity contribution in [1.82, 2.24) is 10.2 Å². The van der Waals surface area contributed by atoms with Crippen LogP contribution in [-0.4, -0.2) is 29.9 Å². The summed E-state index contributed by atoms with van der Waals surface area (Å²) in [6.45, 7) is 2.81. The summed E-state index contributed by atoms with van der Waals surface area (Å²) >= 11 is 0. The van der Waals surface area contributed by atoms with Gasteiger partial charge in [-0.1, -0.05) is 18.2 Å². The summed E-state index contributed by atoms with van der Waals surface area (Å²) in [5, 5.41) is 3.12. The van der Waals surface area contributed by atoms with E-state index >= 15 is 0 Å². The van der Waals surface area contributed by atoms with Gasteiger partial charge < -0.3 is 10.2 Å². The molecule has 0 saturated carbocycles. The highest BCUT2D eigenvalue weighted by atomic mass is 19.4. The predicted molar refractivity (Wildman–Crippen MR) is 68.9 cm³/mol. The third kappa shape index (κ3) is 3.30. The van der Waals surface area contributed by atoms with Gasteiger partial charge in [0.25, 0.3) is 0 Å². The van der Waals surface area contributed by atoms with E-state index in [2.05, 4.69) is 5.32 Å². The summed E-state index contributed by atoms with van der Waals surface area (Å²) in [6.07, 6.45) is -3.62. The van der Waals surface area contributed by atoms with Gasteiger partial charge in [0, 0.05) is 26.1 Å². The number of carbonyl (C=O) groups is 1. The number of amides is 1. The molecule has 1 aromatic rings. The Balaban J connectivity index is 2.25. The molecule has 110 valence electrons. The maximum absolute atomic E-state index is 13.0. The smallest absolute Gasteiger partial charge is 0.334 e. The maximum Gasteiger partial charge on any atom is 0.416 e. The van der Waals surface area contributed by atoms with Gasteiger partial charge in [0.05, 0.1) is 5.56 Å². The molecule has 0 bridgehead atoms. The Bertz CT molecular complexity index is 482. The average Bonchev–Trinajstić information content (AvgIpc) is 2.88. The molecule has 1 amide bonds. The zero-order chi connectivity index (χ0) is 14.8. The molecule has 20 heavy (non-hydrogen) atoms. The summed E-state index contributed by atoms with van der Waals surface area (Å²) in [5.41, 5.74) is -0.528. The number of carbonyl (C=O) groups excluding carboxylic acids is 1. The lowest BCUT2D eigenvalue weighted by molar-refractivity contribution is -0.140. The van der Waals surface area contributed by atoms with Gasteiger partial charge in [0.1, 0.15) is 0 Å². The van der Waals surface area contributed by atoms with Crippen LogP contribution in [0.2, 0.25) is 0 Å². The minimum Gasteiger partial charge on any atom is -0.334 e. The average molecular weight is 286 g/mol. The van der Waals surface area contributed by atoms with Gasteiger partial charge in [-0.3, -0.25) is 4.79 Å². The molecule has 1 unspecified atom stereocenters. The lowest BCUT2D eigenvalue weighted by Gasteiger charge is -2.28. The molecule has 1 fully saturated rings. The number of nitrogens with zero attached hydrogens (tertiary/aromatic N) is 1. The first-order valence-corrected chi connectivity index (χ1v) is 6.52. The topological polar surface area (TPSA) is 32.3 Å². The van der Waals surface area contributed by atoms with Crippen LogP contribution < -0.4 is 5.32 Å². The van der Waals surface area contributed by atoms with Crippen molar-refractivity contribution in [3.63, 3.8) is 0 Å². The molecule has 1 aliphatic rings. The zero-order valence-electron chi connectivity index (χ0n) is 11.2. The summed E-state index contributed by atoms with van der Waals surface area (Å²) in [4.78, 5) is 13.2. The van der Waals surface area contributed by atoms with Crippen LogP contribution in [0.15, 0.2) is 24.3 Å². The first-order valence-electron chi connectivity index (χ1n) is 6.52. The molecule has 1 heterocycles. The van der Waals surface area contributed by atoms with Crippen LogP contribution in [0.4, 0.5) is 13.2 Å². The highest BCUT2D eigenvalue weighted by molar-refractivity contribution is 5.73. The Hall–Kier alpha value is -1.56. The summed E-state index contributed by atoms with van der Waals surface area (Å²) in [6, 6.07) is 5.38. The first-order chi connectivity index (χ1) is 9.39. The van der Waals surface area contributed by atoms with Gasteiger partial charge in [-0.2, -0.15) is 13.2 Å². The Morgan fingerprint density at radius 2 is 2.10 bits per heavy atom. The normalized spacial score (nSPS) is 19.1. The Morgan fingerprint density at radius 1 is 1.40 bits per heavy atom. The monoisotopic (exact) mass is 286 g/mol. The van der Waals surface area contributed by atoms with Crippen molar-refractivity contribution < 1.29 is 18.0 Å². The molecule has 1 saturated heterocycles. The summed E-state index contributed by atoms with van der Waals surface area (Å²) in [7, 11) is 0. The minimum absolute atomic E-state index is 0.00262. The second-order valence-corrected chi connectivity index (χ2v) is 4.95. The molecule has 0 aromatic heterocycles. The molecule has 2 rings (SSSR count). The minimum atomic E-state index is -4.40. The Morgan fingerprint density at radius 3 is 2.65 bits per heavy atom. The molecule has 3 nitrogen and oxygen atoms in total.